The molecule has 4 heteroatoms. The molecule has 2 heterocycles. The molecule has 0 aliphatic carbocycles. The molecule has 0 N–H and O–H groups in total. The molecule has 0 saturated carbocycles. The summed E-state index contributed by atoms with van der Waals surface area (Å²) in [6.07, 6.45) is 0. The van der Waals surface area contributed by atoms with Gasteiger partial charge in [0.1, 0.15) is 0 Å². The van der Waals surface area contributed by atoms with Crippen LogP contribution in [0.2, 0.25) is 0 Å². The van der Waals surface area contributed by atoms with Crippen molar-refractivity contribution in [2.24, 2.45) is 0 Å². The highest BCUT2D eigenvalue weighted by atomic mass is 32.1. The molecule has 43 heavy (non-hydrogen) atoms. The van der Waals surface area contributed by atoms with Gasteiger partial charge in [0.2, 0.25) is 0 Å². The van der Waals surface area contributed by atoms with E-state index in [-0.39, 0.29) is 0 Å². The van der Waals surface area contributed by atoms with Gasteiger partial charge in [-0.1, -0.05) is 133 Å². The van der Waals surface area contributed by atoms with Crippen LogP contribution in [0.25, 0.3) is 76.6 Å². The van der Waals surface area contributed by atoms with Crippen LogP contribution in [-0.4, -0.2) is 15.0 Å². The average Bonchev–Trinajstić information content (AvgIpc) is 3.47. The topological polar surface area (TPSA) is 38.7 Å². The quantitative estimate of drug-likeness (QED) is 0.208. The first-order chi connectivity index (χ1) is 21.3. The number of fused-ring (bicyclic) bond motifs is 3. The SMILES string of the molecule is c1ccc(-c2nc(-c3ccccc3)nc(-c3cccc(-c4ccc5sc6c(-c7ccccc7)cccc6c5c4)c3)n2)cc1. The second-order valence-corrected chi connectivity index (χ2v) is 11.5. The summed E-state index contributed by atoms with van der Waals surface area (Å²) in [4.78, 5) is 14.7. The summed E-state index contributed by atoms with van der Waals surface area (Å²) >= 11 is 1.86. The van der Waals surface area contributed by atoms with Gasteiger partial charge in [0, 0.05) is 36.9 Å². The van der Waals surface area contributed by atoms with E-state index in [1.165, 1.54) is 36.9 Å². The van der Waals surface area contributed by atoms with Crippen molar-refractivity contribution in [2.75, 3.05) is 0 Å². The second-order valence-electron chi connectivity index (χ2n) is 10.5. The molecule has 0 saturated heterocycles. The first kappa shape index (κ1) is 25.3. The Labute approximate surface area is 253 Å². The summed E-state index contributed by atoms with van der Waals surface area (Å²) in [7, 11) is 0. The van der Waals surface area contributed by atoms with Gasteiger partial charge in [0.25, 0.3) is 0 Å². The molecule has 0 bridgehead atoms. The number of hydrogen-bond donors (Lipinski definition) is 0. The van der Waals surface area contributed by atoms with Gasteiger partial charge in [-0.05, 0) is 40.5 Å². The van der Waals surface area contributed by atoms with E-state index in [1.54, 1.807) is 0 Å². The van der Waals surface area contributed by atoms with Crippen molar-refractivity contribution in [2.45, 2.75) is 0 Å². The Kier molecular flexibility index (Phi) is 6.32. The molecule has 2 aromatic heterocycles. The summed E-state index contributed by atoms with van der Waals surface area (Å²) in [6, 6.07) is 52.7. The number of nitrogens with zero attached hydrogens (tertiary/aromatic N) is 3. The second kappa shape index (κ2) is 10.8. The summed E-state index contributed by atoms with van der Waals surface area (Å²) in [5.41, 5.74) is 7.70. The van der Waals surface area contributed by atoms with Gasteiger partial charge in [-0.25, -0.2) is 15.0 Å². The van der Waals surface area contributed by atoms with Crippen LogP contribution in [-0.2, 0) is 0 Å². The van der Waals surface area contributed by atoms with Gasteiger partial charge >= 0.3 is 0 Å². The van der Waals surface area contributed by atoms with Crippen LogP contribution in [0.4, 0.5) is 0 Å². The molecule has 0 atom stereocenters. The molecule has 0 fully saturated rings. The van der Waals surface area contributed by atoms with Crippen LogP contribution in [0.5, 0.6) is 0 Å². The Balaban J connectivity index is 1.24. The molecule has 202 valence electrons. The molecule has 0 amide bonds. The van der Waals surface area contributed by atoms with Crippen molar-refractivity contribution >= 4 is 31.5 Å². The minimum atomic E-state index is 0.657. The van der Waals surface area contributed by atoms with Gasteiger partial charge in [-0.2, -0.15) is 0 Å². The van der Waals surface area contributed by atoms with E-state index in [0.717, 1.165) is 22.3 Å². The first-order valence-electron chi connectivity index (χ1n) is 14.3. The Hall–Kier alpha value is -5.45. The van der Waals surface area contributed by atoms with Gasteiger partial charge in [-0.3, -0.25) is 0 Å². The first-order valence-corrected chi connectivity index (χ1v) is 15.1. The summed E-state index contributed by atoms with van der Waals surface area (Å²) in [5, 5.41) is 2.57. The van der Waals surface area contributed by atoms with E-state index < -0.39 is 0 Å². The fourth-order valence-corrected chi connectivity index (χ4v) is 6.82. The third-order valence-corrected chi connectivity index (χ3v) is 8.95. The minimum absolute atomic E-state index is 0.657. The zero-order valence-corrected chi connectivity index (χ0v) is 24.0. The molecule has 0 radical (unpaired) electrons. The molecule has 0 unspecified atom stereocenters. The lowest BCUT2D eigenvalue weighted by atomic mass is 9.99. The Morgan fingerprint density at radius 1 is 0.349 bits per heavy atom. The molecule has 8 rings (SSSR count). The maximum atomic E-state index is 4.93. The average molecular weight is 568 g/mol. The van der Waals surface area contributed by atoms with Crippen molar-refractivity contribution in [3.05, 3.63) is 152 Å². The molecular formula is C39H25N3S. The lowest BCUT2D eigenvalue weighted by molar-refractivity contribution is 1.07. The van der Waals surface area contributed by atoms with Gasteiger partial charge in [0.05, 0.1) is 0 Å². The number of benzene rings is 6. The van der Waals surface area contributed by atoms with E-state index in [4.69, 9.17) is 15.0 Å². The zero-order valence-electron chi connectivity index (χ0n) is 23.2. The fraction of sp³-hybridized carbons (Fsp3) is 0. The smallest absolute Gasteiger partial charge is 0.164 e. The van der Waals surface area contributed by atoms with Gasteiger partial charge in [0.15, 0.2) is 17.5 Å². The molecule has 0 spiro atoms. The molecule has 8 aromatic rings. The number of rotatable bonds is 5. The van der Waals surface area contributed by atoms with Crippen molar-refractivity contribution in [1.29, 1.82) is 0 Å². The number of thiophene rings is 1. The highest BCUT2D eigenvalue weighted by molar-refractivity contribution is 7.26. The minimum Gasteiger partial charge on any atom is -0.208 e. The van der Waals surface area contributed by atoms with E-state index in [0.29, 0.717) is 17.5 Å². The summed E-state index contributed by atoms with van der Waals surface area (Å²) in [6.45, 7) is 0. The lowest BCUT2D eigenvalue weighted by Gasteiger charge is -2.10. The highest BCUT2D eigenvalue weighted by Gasteiger charge is 2.14. The monoisotopic (exact) mass is 567 g/mol. The molecule has 0 aliphatic rings. The largest absolute Gasteiger partial charge is 0.208 e. The lowest BCUT2D eigenvalue weighted by Crippen LogP contribution is -2.00. The Morgan fingerprint density at radius 3 is 1.51 bits per heavy atom. The van der Waals surface area contributed by atoms with E-state index in [1.807, 2.05) is 72.0 Å². The van der Waals surface area contributed by atoms with Crippen molar-refractivity contribution in [3.63, 3.8) is 0 Å². The molecular weight excluding hydrogens is 543 g/mol. The van der Waals surface area contributed by atoms with E-state index in [9.17, 15) is 0 Å². The Bertz CT molecular complexity index is 2170. The maximum absolute atomic E-state index is 4.93. The van der Waals surface area contributed by atoms with Gasteiger partial charge < -0.3 is 0 Å². The van der Waals surface area contributed by atoms with Crippen molar-refractivity contribution < 1.29 is 0 Å². The van der Waals surface area contributed by atoms with Crippen LogP contribution in [0.15, 0.2) is 152 Å². The van der Waals surface area contributed by atoms with Crippen molar-refractivity contribution in [3.8, 4) is 56.4 Å². The normalized spacial score (nSPS) is 11.3. The Morgan fingerprint density at radius 2 is 0.860 bits per heavy atom. The van der Waals surface area contributed by atoms with Crippen LogP contribution < -0.4 is 0 Å². The van der Waals surface area contributed by atoms with Crippen LogP contribution in [0, 0.1) is 0 Å². The summed E-state index contributed by atoms with van der Waals surface area (Å²) in [5.74, 6) is 1.98. The van der Waals surface area contributed by atoms with Crippen LogP contribution >= 0.6 is 11.3 Å². The van der Waals surface area contributed by atoms with Gasteiger partial charge in [-0.15, -0.1) is 11.3 Å². The predicted molar refractivity (Wildman–Crippen MR) is 180 cm³/mol. The zero-order chi connectivity index (χ0) is 28.6. The molecule has 0 aliphatic heterocycles. The third-order valence-electron chi connectivity index (χ3n) is 7.74. The molecule has 3 nitrogen and oxygen atoms in total. The van der Waals surface area contributed by atoms with Crippen molar-refractivity contribution in [1.82, 2.24) is 15.0 Å². The summed E-state index contributed by atoms with van der Waals surface area (Å²) < 4.78 is 2.61. The van der Waals surface area contributed by atoms with Crippen LogP contribution in [0.1, 0.15) is 0 Å². The predicted octanol–water partition coefficient (Wildman–Crippen LogP) is 10.6. The fourth-order valence-electron chi connectivity index (χ4n) is 5.60. The third kappa shape index (κ3) is 4.78. The van der Waals surface area contributed by atoms with E-state index in [2.05, 4.69) is 91.0 Å². The number of aromatic nitrogens is 3. The molecule has 6 aromatic carbocycles. The standard InChI is InChI=1S/C39H25N3S/c1-4-12-26(13-5-1)32-20-11-21-33-34-25-30(22-23-35(34)43-36(32)33)29-18-10-19-31(24-29)39-41-37(27-14-6-2-7-15-27)40-38(42-39)28-16-8-3-9-17-28/h1-25H. The number of hydrogen-bond acceptors (Lipinski definition) is 4. The van der Waals surface area contributed by atoms with E-state index >= 15 is 0 Å². The maximum Gasteiger partial charge on any atom is 0.164 e. The highest BCUT2D eigenvalue weighted by Crippen LogP contribution is 2.41. The van der Waals surface area contributed by atoms with Crippen LogP contribution in [0.3, 0.4) is 0 Å².